The Hall–Kier alpha value is -2.18. The van der Waals surface area contributed by atoms with Gasteiger partial charge >= 0.3 is 0 Å². The van der Waals surface area contributed by atoms with Gasteiger partial charge in [-0.15, -0.1) is 0 Å². The van der Waals surface area contributed by atoms with Crippen LogP contribution in [0.5, 0.6) is 0 Å². The lowest BCUT2D eigenvalue weighted by atomic mass is 9.89. The molecule has 0 aliphatic rings. The number of hydrogen-bond donors (Lipinski definition) is 0. The van der Waals surface area contributed by atoms with E-state index in [1.165, 1.54) is 12.1 Å². The van der Waals surface area contributed by atoms with Gasteiger partial charge in [0.1, 0.15) is 11.7 Å². The van der Waals surface area contributed by atoms with E-state index in [-0.39, 0.29) is 10.8 Å². The van der Waals surface area contributed by atoms with Gasteiger partial charge in [0.2, 0.25) is 0 Å². The summed E-state index contributed by atoms with van der Waals surface area (Å²) >= 11 is 5.96. The topological polar surface area (TPSA) is 40.9 Å². The Kier molecular flexibility index (Phi) is 4.72. The van der Waals surface area contributed by atoms with Crippen molar-refractivity contribution in [2.24, 2.45) is 0 Å². The van der Waals surface area contributed by atoms with Crippen LogP contribution < -0.4 is 0 Å². The molecule has 0 bridgehead atoms. The molecule has 0 heterocycles. The molecule has 0 amide bonds. The number of benzene rings is 2. The number of carbonyl (C=O) groups is 1. The highest BCUT2D eigenvalue weighted by Gasteiger charge is 2.25. The van der Waals surface area contributed by atoms with E-state index in [0.717, 1.165) is 11.6 Å². The van der Waals surface area contributed by atoms with Crippen molar-refractivity contribution in [1.29, 1.82) is 5.26 Å². The third-order valence-electron chi connectivity index (χ3n) is 3.33. The maximum atomic E-state index is 13.1. The summed E-state index contributed by atoms with van der Waals surface area (Å²) in [5.74, 6) is -1.85. The molecule has 2 aromatic rings. The molecular weight excluding hydrogens is 289 g/mol. The molecule has 0 fully saturated rings. The van der Waals surface area contributed by atoms with Gasteiger partial charge < -0.3 is 0 Å². The predicted molar refractivity (Wildman–Crippen MR) is 79.9 cm³/mol. The second kappa shape index (κ2) is 6.51. The maximum absolute atomic E-state index is 13.1. The number of nitrogens with zero attached hydrogens (tertiary/aromatic N) is 1. The average molecular weight is 302 g/mol. The van der Waals surface area contributed by atoms with Gasteiger partial charge in [0.15, 0.2) is 5.78 Å². The van der Waals surface area contributed by atoms with Crippen LogP contribution in [-0.4, -0.2) is 5.78 Å². The van der Waals surface area contributed by atoms with Gasteiger partial charge in [-0.1, -0.05) is 48.9 Å². The van der Waals surface area contributed by atoms with Crippen molar-refractivity contribution in [3.63, 3.8) is 0 Å². The van der Waals surface area contributed by atoms with E-state index < -0.39 is 11.7 Å². The van der Waals surface area contributed by atoms with Crippen LogP contribution in [-0.2, 0) is 6.42 Å². The number of Topliss-reactive ketones (excluding diaryl/α,β-unsaturated/α-hetero) is 1. The molecular formula is C17H13ClFNO. The Morgan fingerprint density at radius 2 is 2.05 bits per heavy atom. The molecule has 4 heteroatoms. The first kappa shape index (κ1) is 15.2. The molecule has 1 atom stereocenters. The first-order valence-corrected chi connectivity index (χ1v) is 6.93. The van der Waals surface area contributed by atoms with Crippen LogP contribution in [0.3, 0.4) is 0 Å². The Labute approximate surface area is 127 Å². The number of aryl methyl sites for hydroxylation is 1. The molecule has 0 saturated carbocycles. The average Bonchev–Trinajstić information content (AvgIpc) is 2.49. The first-order valence-electron chi connectivity index (χ1n) is 6.55. The van der Waals surface area contributed by atoms with Crippen LogP contribution in [0.25, 0.3) is 0 Å². The van der Waals surface area contributed by atoms with Crippen molar-refractivity contribution in [3.8, 4) is 6.07 Å². The zero-order valence-corrected chi connectivity index (χ0v) is 12.2. The molecule has 21 heavy (non-hydrogen) atoms. The molecule has 0 N–H and O–H groups in total. The molecule has 0 spiro atoms. The Morgan fingerprint density at radius 1 is 1.33 bits per heavy atom. The third kappa shape index (κ3) is 3.12. The van der Waals surface area contributed by atoms with Gasteiger partial charge in [-0.25, -0.2) is 4.39 Å². The van der Waals surface area contributed by atoms with Crippen molar-refractivity contribution < 1.29 is 9.18 Å². The van der Waals surface area contributed by atoms with Gasteiger partial charge in [0.25, 0.3) is 0 Å². The summed E-state index contributed by atoms with van der Waals surface area (Å²) in [5.41, 5.74) is 1.71. The van der Waals surface area contributed by atoms with Crippen LogP contribution in [0.4, 0.5) is 4.39 Å². The monoisotopic (exact) mass is 301 g/mol. The van der Waals surface area contributed by atoms with Crippen molar-refractivity contribution in [1.82, 2.24) is 0 Å². The van der Waals surface area contributed by atoms with Gasteiger partial charge in [-0.3, -0.25) is 4.79 Å². The largest absolute Gasteiger partial charge is 0.292 e. The van der Waals surface area contributed by atoms with E-state index in [0.29, 0.717) is 17.5 Å². The molecule has 0 aromatic heterocycles. The molecule has 2 nitrogen and oxygen atoms in total. The lowest BCUT2D eigenvalue weighted by Crippen LogP contribution is -2.14. The first-order chi connectivity index (χ1) is 10.1. The Bertz CT molecular complexity index is 721. The standard InChI is InChI=1S/C17H13ClFNO/c1-2-11-5-3-4-6-13(11)17(21)15(10-20)14-8-7-12(19)9-16(14)18/h3-9,15H,2H2,1H3. The number of hydrogen-bond acceptors (Lipinski definition) is 2. The Balaban J connectivity index is 2.47. The number of carbonyl (C=O) groups excluding carboxylic acids is 1. The normalized spacial score (nSPS) is 11.7. The zero-order chi connectivity index (χ0) is 15.4. The Morgan fingerprint density at radius 3 is 2.67 bits per heavy atom. The third-order valence-corrected chi connectivity index (χ3v) is 3.66. The maximum Gasteiger partial charge on any atom is 0.184 e. The minimum Gasteiger partial charge on any atom is -0.292 e. The summed E-state index contributed by atoms with van der Waals surface area (Å²) in [7, 11) is 0. The summed E-state index contributed by atoms with van der Waals surface area (Å²) < 4.78 is 13.1. The van der Waals surface area contributed by atoms with E-state index >= 15 is 0 Å². The van der Waals surface area contributed by atoms with E-state index in [1.807, 2.05) is 25.1 Å². The highest BCUT2D eigenvalue weighted by atomic mass is 35.5. The molecule has 0 radical (unpaired) electrons. The second-order valence-corrected chi connectivity index (χ2v) is 5.01. The quantitative estimate of drug-likeness (QED) is 0.778. The van der Waals surface area contributed by atoms with E-state index in [4.69, 9.17) is 11.6 Å². The van der Waals surface area contributed by atoms with Crippen LogP contribution in [0.1, 0.15) is 34.3 Å². The van der Waals surface area contributed by atoms with Crippen molar-refractivity contribution >= 4 is 17.4 Å². The molecule has 0 aliphatic heterocycles. The van der Waals surface area contributed by atoms with Crippen LogP contribution in [0.2, 0.25) is 5.02 Å². The lowest BCUT2D eigenvalue weighted by Gasteiger charge is -2.13. The van der Waals surface area contributed by atoms with Crippen molar-refractivity contribution in [2.75, 3.05) is 0 Å². The van der Waals surface area contributed by atoms with Gasteiger partial charge in [0.05, 0.1) is 6.07 Å². The molecule has 0 aliphatic carbocycles. The van der Waals surface area contributed by atoms with Crippen molar-refractivity contribution in [2.45, 2.75) is 19.3 Å². The summed E-state index contributed by atoms with van der Waals surface area (Å²) in [5, 5.41) is 9.43. The molecule has 1 unspecified atom stereocenters. The fourth-order valence-electron chi connectivity index (χ4n) is 2.23. The van der Waals surface area contributed by atoms with Crippen LogP contribution >= 0.6 is 11.6 Å². The molecule has 2 rings (SSSR count). The minimum absolute atomic E-state index is 0.0869. The fraction of sp³-hybridized carbons (Fsp3) is 0.176. The lowest BCUT2D eigenvalue weighted by molar-refractivity contribution is 0.0978. The smallest absolute Gasteiger partial charge is 0.184 e. The second-order valence-electron chi connectivity index (χ2n) is 4.60. The predicted octanol–water partition coefficient (Wildman–Crippen LogP) is 4.53. The SMILES string of the molecule is CCc1ccccc1C(=O)C(C#N)c1ccc(F)cc1Cl. The zero-order valence-electron chi connectivity index (χ0n) is 11.4. The van der Waals surface area contributed by atoms with Crippen LogP contribution in [0, 0.1) is 17.1 Å². The molecule has 0 saturated heterocycles. The number of ketones is 1. The number of rotatable bonds is 4. The summed E-state index contributed by atoms with van der Waals surface area (Å²) in [6.45, 7) is 1.94. The molecule has 2 aromatic carbocycles. The van der Waals surface area contributed by atoms with Gasteiger partial charge in [-0.05, 0) is 29.7 Å². The summed E-state index contributed by atoms with van der Waals surface area (Å²) in [6, 6.07) is 12.8. The van der Waals surface area contributed by atoms with Gasteiger partial charge in [0, 0.05) is 10.6 Å². The highest BCUT2D eigenvalue weighted by molar-refractivity contribution is 6.31. The summed E-state index contributed by atoms with van der Waals surface area (Å²) in [4.78, 5) is 12.6. The van der Waals surface area contributed by atoms with Crippen LogP contribution in [0.15, 0.2) is 42.5 Å². The van der Waals surface area contributed by atoms with Crippen molar-refractivity contribution in [3.05, 3.63) is 70.0 Å². The van der Waals surface area contributed by atoms with E-state index in [1.54, 1.807) is 12.1 Å². The fourth-order valence-corrected chi connectivity index (χ4v) is 2.51. The minimum atomic E-state index is -1.04. The highest BCUT2D eigenvalue weighted by Crippen LogP contribution is 2.29. The van der Waals surface area contributed by atoms with E-state index in [9.17, 15) is 14.4 Å². The number of halogens is 2. The van der Waals surface area contributed by atoms with E-state index in [2.05, 4.69) is 0 Å². The number of nitriles is 1. The molecule has 106 valence electrons. The summed E-state index contributed by atoms with van der Waals surface area (Å²) in [6.07, 6.45) is 0.692. The van der Waals surface area contributed by atoms with Gasteiger partial charge in [-0.2, -0.15) is 5.26 Å².